The van der Waals surface area contributed by atoms with Gasteiger partial charge in [-0.15, -0.1) is 0 Å². The van der Waals surface area contributed by atoms with E-state index in [1.165, 1.54) is 4.68 Å². The predicted molar refractivity (Wildman–Crippen MR) is 58.8 cm³/mol. The number of aliphatic hydroxyl groups is 1. The lowest BCUT2D eigenvalue weighted by Crippen LogP contribution is -2.36. The molecule has 88 valence electrons. The molecule has 0 atom stereocenters. The van der Waals surface area contributed by atoms with Crippen molar-refractivity contribution in [1.82, 2.24) is 14.7 Å². The van der Waals surface area contributed by atoms with Gasteiger partial charge in [0.25, 0.3) is 5.91 Å². The number of hydrogen-bond donors (Lipinski definition) is 2. The molecule has 2 rings (SSSR count). The quantitative estimate of drug-likeness (QED) is 0.728. The van der Waals surface area contributed by atoms with Gasteiger partial charge in [-0.2, -0.15) is 5.10 Å². The van der Waals surface area contributed by atoms with Crippen LogP contribution in [0.25, 0.3) is 0 Å². The van der Waals surface area contributed by atoms with Crippen LogP contribution in [0, 0.1) is 0 Å². The predicted octanol–water partition coefficient (Wildman–Crippen LogP) is -0.401. The van der Waals surface area contributed by atoms with Crippen molar-refractivity contribution in [3.05, 3.63) is 11.9 Å². The van der Waals surface area contributed by atoms with Crippen molar-refractivity contribution in [3.63, 3.8) is 0 Å². The van der Waals surface area contributed by atoms with Crippen molar-refractivity contribution in [2.24, 2.45) is 7.05 Å². The highest BCUT2D eigenvalue weighted by atomic mass is 16.3. The molecule has 3 N–H and O–H groups in total. The summed E-state index contributed by atoms with van der Waals surface area (Å²) in [6.07, 6.45) is 3.61. The Morgan fingerprint density at radius 2 is 2.44 bits per heavy atom. The Morgan fingerprint density at radius 1 is 1.75 bits per heavy atom. The van der Waals surface area contributed by atoms with E-state index >= 15 is 0 Å². The molecule has 6 nitrogen and oxygen atoms in total. The van der Waals surface area contributed by atoms with Crippen molar-refractivity contribution < 1.29 is 9.90 Å². The number of aromatic nitrogens is 2. The highest BCUT2D eigenvalue weighted by molar-refractivity contribution is 5.97. The summed E-state index contributed by atoms with van der Waals surface area (Å²) < 4.78 is 1.52. The molecule has 1 heterocycles. The molecule has 0 radical (unpaired) electrons. The molecule has 0 saturated heterocycles. The summed E-state index contributed by atoms with van der Waals surface area (Å²) >= 11 is 0. The molecule has 0 bridgehead atoms. The van der Waals surface area contributed by atoms with Crippen molar-refractivity contribution in [2.45, 2.75) is 18.9 Å². The minimum atomic E-state index is -0.186. The first-order chi connectivity index (χ1) is 7.63. The summed E-state index contributed by atoms with van der Waals surface area (Å²) in [7, 11) is 1.72. The molecule has 1 aromatic rings. The minimum Gasteiger partial charge on any atom is -0.396 e. The third kappa shape index (κ3) is 2.01. The van der Waals surface area contributed by atoms with Crippen LogP contribution < -0.4 is 5.73 Å². The van der Waals surface area contributed by atoms with E-state index < -0.39 is 0 Å². The summed E-state index contributed by atoms with van der Waals surface area (Å²) in [6.45, 7) is 0.314. The Bertz CT molecular complexity index is 398. The fourth-order valence-electron chi connectivity index (χ4n) is 1.75. The fraction of sp³-hybridized carbons (Fsp3) is 0.600. The molecule has 1 aliphatic carbocycles. The molecule has 1 aromatic heterocycles. The number of carbonyl (C=O) groups is 1. The lowest BCUT2D eigenvalue weighted by atomic mass is 10.3. The van der Waals surface area contributed by atoms with Gasteiger partial charge in [-0.05, 0) is 12.8 Å². The van der Waals surface area contributed by atoms with Crippen LogP contribution in [-0.2, 0) is 7.05 Å². The SMILES string of the molecule is Cn1cc(N)c(C(=O)N(CCO)C2CC2)n1. The molecule has 0 unspecified atom stereocenters. The van der Waals surface area contributed by atoms with Crippen LogP contribution in [0.4, 0.5) is 5.69 Å². The Labute approximate surface area is 93.6 Å². The Morgan fingerprint density at radius 3 is 2.88 bits per heavy atom. The number of anilines is 1. The van der Waals surface area contributed by atoms with Gasteiger partial charge in [0.2, 0.25) is 0 Å². The zero-order valence-corrected chi connectivity index (χ0v) is 9.26. The van der Waals surface area contributed by atoms with Crippen molar-refractivity contribution in [1.29, 1.82) is 0 Å². The molecular formula is C10H16N4O2. The maximum Gasteiger partial charge on any atom is 0.276 e. The summed E-state index contributed by atoms with van der Waals surface area (Å²) in [4.78, 5) is 13.8. The molecule has 0 spiro atoms. The number of nitrogen functional groups attached to an aromatic ring is 1. The molecule has 16 heavy (non-hydrogen) atoms. The number of amides is 1. The first kappa shape index (κ1) is 10.9. The molecule has 0 aromatic carbocycles. The van der Waals surface area contributed by atoms with Crippen molar-refractivity contribution >= 4 is 11.6 Å². The number of aryl methyl sites for hydroxylation is 1. The van der Waals surface area contributed by atoms with Crippen LogP contribution in [-0.4, -0.2) is 44.9 Å². The Kier molecular flexibility index (Phi) is 2.82. The lowest BCUT2D eigenvalue weighted by molar-refractivity contribution is 0.0702. The average molecular weight is 224 g/mol. The van der Waals surface area contributed by atoms with Crippen LogP contribution in [0.5, 0.6) is 0 Å². The van der Waals surface area contributed by atoms with Crippen LogP contribution in [0.15, 0.2) is 6.20 Å². The molecular weight excluding hydrogens is 208 g/mol. The van der Waals surface area contributed by atoms with Gasteiger partial charge in [0, 0.05) is 25.8 Å². The Balaban J connectivity index is 2.18. The van der Waals surface area contributed by atoms with E-state index in [1.54, 1.807) is 18.1 Å². The average Bonchev–Trinajstić information content (AvgIpc) is 3.00. The zero-order valence-electron chi connectivity index (χ0n) is 9.26. The topological polar surface area (TPSA) is 84.4 Å². The van der Waals surface area contributed by atoms with E-state index in [2.05, 4.69) is 5.10 Å². The van der Waals surface area contributed by atoms with Gasteiger partial charge in [0.1, 0.15) is 0 Å². The maximum atomic E-state index is 12.1. The van der Waals surface area contributed by atoms with Crippen molar-refractivity contribution in [2.75, 3.05) is 18.9 Å². The number of carbonyl (C=O) groups excluding carboxylic acids is 1. The van der Waals surface area contributed by atoms with E-state index in [-0.39, 0.29) is 24.2 Å². The van der Waals surface area contributed by atoms with Crippen LogP contribution in [0.3, 0.4) is 0 Å². The molecule has 1 aliphatic rings. The molecule has 1 fully saturated rings. The van der Waals surface area contributed by atoms with Crippen LogP contribution in [0.2, 0.25) is 0 Å². The number of hydrogen-bond acceptors (Lipinski definition) is 4. The summed E-state index contributed by atoms with van der Waals surface area (Å²) in [5, 5.41) is 13.0. The largest absolute Gasteiger partial charge is 0.396 e. The molecule has 0 aliphatic heterocycles. The van der Waals surface area contributed by atoms with E-state index in [1.807, 2.05) is 0 Å². The Hall–Kier alpha value is -1.56. The smallest absolute Gasteiger partial charge is 0.276 e. The third-order valence-corrected chi connectivity index (χ3v) is 2.65. The van der Waals surface area contributed by atoms with E-state index in [9.17, 15) is 4.79 Å². The van der Waals surface area contributed by atoms with Gasteiger partial charge in [0.05, 0.1) is 12.3 Å². The van der Waals surface area contributed by atoms with Crippen LogP contribution in [0.1, 0.15) is 23.3 Å². The molecule has 6 heteroatoms. The normalized spacial score (nSPS) is 15.1. The van der Waals surface area contributed by atoms with Crippen molar-refractivity contribution in [3.8, 4) is 0 Å². The molecule has 1 saturated carbocycles. The number of nitrogens with zero attached hydrogens (tertiary/aromatic N) is 3. The van der Waals surface area contributed by atoms with Gasteiger partial charge in [-0.1, -0.05) is 0 Å². The fourth-order valence-corrected chi connectivity index (χ4v) is 1.75. The first-order valence-electron chi connectivity index (χ1n) is 5.34. The van der Waals surface area contributed by atoms with E-state index in [0.717, 1.165) is 12.8 Å². The highest BCUT2D eigenvalue weighted by Crippen LogP contribution is 2.28. The minimum absolute atomic E-state index is 0.0328. The molecule has 1 amide bonds. The van der Waals surface area contributed by atoms with Gasteiger partial charge in [0.15, 0.2) is 5.69 Å². The van der Waals surface area contributed by atoms with E-state index in [4.69, 9.17) is 10.8 Å². The summed E-state index contributed by atoms with van der Waals surface area (Å²) in [6, 6.07) is 0.251. The van der Waals surface area contributed by atoms with Gasteiger partial charge < -0.3 is 15.7 Å². The summed E-state index contributed by atoms with van der Waals surface area (Å²) in [5.41, 5.74) is 6.37. The number of aliphatic hydroxyl groups excluding tert-OH is 1. The monoisotopic (exact) mass is 224 g/mol. The second-order valence-corrected chi connectivity index (χ2v) is 4.06. The van der Waals surface area contributed by atoms with E-state index in [0.29, 0.717) is 12.2 Å². The zero-order chi connectivity index (χ0) is 11.7. The van der Waals surface area contributed by atoms with Gasteiger partial charge >= 0.3 is 0 Å². The van der Waals surface area contributed by atoms with Gasteiger partial charge in [-0.3, -0.25) is 9.48 Å². The highest BCUT2D eigenvalue weighted by Gasteiger charge is 2.34. The number of rotatable bonds is 4. The number of nitrogens with two attached hydrogens (primary N) is 1. The maximum absolute atomic E-state index is 12.1. The first-order valence-corrected chi connectivity index (χ1v) is 5.34. The van der Waals surface area contributed by atoms with Gasteiger partial charge in [-0.25, -0.2) is 0 Å². The standard InChI is InChI=1S/C10H16N4O2/c1-13-6-8(11)9(12-13)10(16)14(4-5-15)7-2-3-7/h6-7,15H,2-5,11H2,1H3. The lowest BCUT2D eigenvalue weighted by Gasteiger charge is -2.20. The summed E-state index contributed by atoms with van der Waals surface area (Å²) in [5.74, 6) is -0.186. The second-order valence-electron chi connectivity index (χ2n) is 4.06. The third-order valence-electron chi connectivity index (χ3n) is 2.65. The van der Waals surface area contributed by atoms with Crippen LogP contribution >= 0.6 is 0 Å². The second kappa shape index (κ2) is 4.13.